The molecule has 3 rings (SSSR count). The van der Waals surface area contributed by atoms with Gasteiger partial charge in [-0.2, -0.15) is 0 Å². The van der Waals surface area contributed by atoms with Gasteiger partial charge in [0.25, 0.3) is 10.0 Å². The Morgan fingerprint density at radius 1 is 0.955 bits per heavy atom. The molecule has 3 aromatic rings. The highest BCUT2D eigenvalue weighted by Crippen LogP contribution is 2.35. The molecule has 6 heteroatoms. The molecule has 0 spiro atoms. The van der Waals surface area contributed by atoms with E-state index in [1.807, 2.05) is 0 Å². The van der Waals surface area contributed by atoms with Crippen molar-refractivity contribution in [3.63, 3.8) is 0 Å². The van der Waals surface area contributed by atoms with E-state index >= 15 is 0 Å². The largest absolute Gasteiger partial charge is 0.496 e. The molecule has 0 aliphatic carbocycles. The van der Waals surface area contributed by atoms with E-state index in [4.69, 9.17) is 10.8 Å². The molecule has 0 saturated carbocycles. The first-order valence-electron chi connectivity index (χ1n) is 7.04. The normalized spacial score (nSPS) is 12.2. The van der Waals surface area contributed by atoms with Gasteiger partial charge in [0.2, 0.25) is 0 Å². The van der Waals surface area contributed by atoms with Gasteiger partial charge in [0.1, 0.15) is 17.0 Å². The molecule has 0 aliphatic rings. The number of rotatable bonds is 4. The van der Waals surface area contributed by atoms with E-state index in [0.717, 1.165) is 3.97 Å². The van der Waals surface area contributed by atoms with Gasteiger partial charge in [0.15, 0.2) is 0 Å². The van der Waals surface area contributed by atoms with Crippen molar-refractivity contribution in [3.8, 4) is 11.5 Å². The minimum absolute atomic E-state index is 0.107. The molecule has 1 aromatic heterocycles. The van der Waals surface area contributed by atoms with Gasteiger partial charge in [0, 0.05) is 11.6 Å². The molecule has 0 N–H and O–H groups in total. The van der Waals surface area contributed by atoms with E-state index in [-0.39, 0.29) is 11.1 Å². The topological polar surface area (TPSA) is 57.5 Å². The maximum Gasteiger partial charge on any atom is 0.268 e. The summed E-state index contributed by atoms with van der Waals surface area (Å²) in [5.41, 5.74) is 0.292. The Bertz CT molecular complexity index is 965. The number of nitrogens with zero attached hydrogens (tertiary/aromatic N) is 1. The number of hydrogen-bond acceptors (Lipinski definition) is 4. The fourth-order valence-electron chi connectivity index (χ4n) is 2.34. The number of aromatic nitrogens is 1. The van der Waals surface area contributed by atoms with Crippen molar-refractivity contribution in [3.05, 3.63) is 54.7 Å². The molecule has 5 nitrogen and oxygen atoms in total. The maximum atomic E-state index is 12.9. The van der Waals surface area contributed by atoms with E-state index < -0.39 is 10.0 Å². The van der Waals surface area contributed by atoms with Gasteiger partial charge in [0.05, 0.1) is 20.5 Å². The van der Waals surface area contributed by atoms with Crippen LogP contribution in [0.2, 0.25) is 0 Å². The smallest absolute Gasteiger partial charge is 0.268 e. The highest BCUT2D eigenvalue weighted by atomic mass is 32.2. The van der Waals surface area contributed by atoms with Gasteiger partial charge in [-0.15, -0.1) is 0 Å². The van der Waals surface area contributed by atoms with Crippen LogP contribution in [0.15, 0.2) is 59.6 Å². The van der Waals surface area contributed by atoms with Gasteiger partial charge in [-0.05, 0) is 30.3 Å². The fourth-order valence-corrected chi connectivity index (χ4v) is 3.67. The minimum Gasteiger partial charge on any atom is -0.496 e. The second-order valence-corrected chi connectivity index (χ2v) is 6.37. The monoisotopic (exact) mass is 318 g/mol. The second kappa shape index (κ2) is 5.38. The number of fused-ring (bicyclic) bond motifs is 1. The quantitative estimate of drug-likeness (QED) is 0.742. The Morgan fingerprint density at radius 2 is 1.59 bits per heavy atom. The Hall–Kier alpha value is -2.47. The van der Waals surface area contributed by atoms with Gasteiger partial charge < -0.3 is 9.47 Å². The third-order valence-electron chi connectivity index (χ3n) is 3.39. The molecule has 0 fully saturated rings. The summed E-state index contributed by atoms with van der Waals surface area (Å²) in [6, 6.07) is 12.8. The van der Waals surface area contributed by atoms with Crippen molar-refractivity contribution >= 4 is 20.9 Å². The molecule has 0 atom stereocenters. The van der Waals surface area contributed by atoms with Crippen molar-refractivity contribution in [2.75, 3.05) is 14.2 Å². The van der Waals surface area contributed by atoms with Gasteiger partial charge in [-0.1, -0.05) is 18.2 Å². The van der Waals surface area contributed by atoms with Crippen LogP contribution in [0.3, 0.4) is 0 Å². The predicted molar refractivity (Wildman–Crippen MR) is 84.1 cm³/mol. The SMILES string of the molecule is [2H]c1cc2c(OC)ccc(OC)c2n1S(=O)(=O)c1ccccc1. The summed E-state index contributed by atoms with van der Waals surface area (Å²) in [6.07, 6.45) is -0.161. The van der Waals surface area contributed by atoms with Gasteiger partial charge in [-0.25, -0.2) is 12.4 Å². The van der Waals surface area contributed by atoms with Crippen molar-refractivity contribution in [2.24, 2.45) is 0 Å². The average molecular weight is 318 g/mol. The lowest BCUT2D eigenvalue weighted by Crippen LogP contribution is -2.12. The van der Waals surface area contributed by atoms with Crippen LogP contribution in [0.1, 0.15) is 1.37 Å². The lowest BCUT2D eigenvalue weighted by atomic mass is 10.2. The van der Waals surface area contributed by atoms with Crippen LogP contribution < -0.4 is 9.47 Å². The molecule has 0 saturated heterocycles. The molecule has 22 heavy (non-hydrogen) atoms. The van der Waals surface area contributed by atoms with E-state index in [1.54, 1.807) is 30.3 Å². The van der Waals surface area contributed by atoms with Crippen LogP contribution in [-0.4, -0.2) is 26.6 Å². The summed E-state index contributed by atoms with van der Waals surface area (Å²) >= 11 is 0. The average Bonchev–Trinajstić information content (AvgIpc) is 2.92. The summed E-state index contributed by atoms with van der Waals surface area (Å²) in [5, 5.41) is 0.511. The Balaban J connectivity index is 2.41. The third-order valence-corrected chi connectivity index (χ3v) is 5.03. The molecular formula is C16H15NO4S. The molecule has 1 heterocycles. The Kier molecular flexibility index (Phi) is 3.23. The minimum atomic E-state index is -3.92. The fraction of sp³-hybridized carbons (Fsp3) is 0.125. The highest BCUT2D eigenvalue weighted by molar-refractivity contribution is 7.90. The Morgan fingerprint density at radius 3 is 2.23 bits per heavy atom. The van der Waals surface area contributed by atoms with E-state index in [0.29, 0.717) is 22.4 Å². The number of benzene rings is 2. The summed E-state index contributed by atoms with van der Waals surface area (Å²) < 4.78 is 45.5. The predicted octanol–water partition coefficient (Wildman–Crippen LogP) is 2.90. The maximum absolute atomic E-state index is 12.9. The van der Waals surface area contributed by atoms with Crippen LogP contribution in [0.5, 0.6) is 11.5 Å². The molecule has 0 amide bonds. The molecular weight excluding hydrogens is 302 g/mol. The standard InChI is InChI=1S/C16H15NO4S/c1-20-14-8-9-15(21-2)16-13(14)10-11-17(16)22(18,19)12-6-4-3-5-7-12/h3-11H,1-2H3/i11D. The lowest BCUT2D eigenvalue weighted by molar-refractivity contribution is 0.410. The second-order valence-electron chi connectivity index (χ2n) is 4.59. The molecule has 0 aliphatic heterocycles. The van der Waals surface area contributed by atoms with Crippen molar-refractivity contribution in [1.29, 1.82) is 0 Å². The number of ether oxygens (including phenoxy) is 2. The van der Waals surface area contributed by atoms with Crippen LogP contribution >= 0.6 is 0 Å². The van der Waals surface area contributed by atoms with Crippen LogP contribution in [-0.2, 0) is 10.0 Å². The summed E-state index contributed by atoms with van der Waals surface area (Å²) in [6.45, 7) is 0. The summed E-state index contributed by atoms with van der Waals surface area (Å²) in [5.74, 6) is 0.843. The number of methoxy groups -OCH3 is 2. The zero-order chi connectivity index (χ0) is 16.6. The summed E-state index contributed by atoms with van der Waals surface area (Å²) in [7, 11) is -0.967. The lowest BCUT2D eigenvalue weighted by Gasteiger charge is -2.11. The van der Waals surface area contributed by atoms with Crippen LogP contribution in [0, 0.1) is 0 Å². The summed E-state index contributed by atoms with van der Waals surface area (Å²) in [4.78, 5) is 0.107. The first-order chi connectivity index (χ1) is 11.0. The zero-order valence-corrected chi connectivity index (χ0v) is 12.9. The Labute approximate surface area is 130 Å². The van der Waals surface area contributed by atoms with E-state index in [9.17, 15) is 8.42 Å². The van der Waals surface area contributed by atoms with Crippen molar-refractivity contribution < 1.29 is 19.3 Å². The van der Waals surface area contributed by atoms with E-state index in [2.05, 4.69) is 0 Å². The third kappa shape index (κ3) is 2.12. The van der Waals surface area contributed by atoms with E-state index in [1.165, 1.54) is 32.4 Å². The first kappa shape index (κ1) is 13.2. The van der Waals surface area contributed by atoms with Crippen molar-refractivity contribution in [1.82, 2.24) is 3.97 Å². The highest BCUT2D eigenvalue weighted by Gasteiger charge is 2.22. The van der Waals surface area contributed by atoms with Gasteiger partial charge >= 0.3 is 0 Å². The molecule has 0 bridgehead atoms. The van der Waals surface area contributed by atoms with Crippen LogP contribution in [0.4, 0.5) is 0 Å². The molecule has 0 unspecified atom stereocenters. The molecule has 114 valence electrons. The zero-order valence-electron chi connectivity index (χ0n) is 13.1. The number of hydrogen-bond donors (Lipinski definition) is 0. The molecule has 2 aromatic carbocycles. The molecule has 0 radical (unpaired) electrons. The first-order valence-corrected chi connectivity index (χ1v) is 7.98. The van der Waals surface area contributed by atoms with Crippen molar-refractivity contribution in [2.45, 2.75) is 4.90 Å². The van der Waals surface area contributed by atoms with Gasteiger partial charge in [-0.3, -0.25) is 0 Å². The van der Waals surface area contributed by atoms with Crippen LogP contribution in [0.25, 0.3) is 10.9 Å².